The SMILES string of the molecule is FC(F)(F)c1cccc(CNc2nc3ccccc3s2)c1. The molecule has 1 N–H and O–H groups in total. The second kappa shape index (κ2) is 5.37. The molecule has 108 valence electrons. The molecule has 0 saturated carbocycles. The fourth-order valence-corrected chi connectivity index (χ4v) is 2.84. The van der Waals surface area contributed by atoms with Gasteiger partial charge in [0.15, 0.2) is 5.13 Å². The second-order valence-electron chi connectivity index (χ2n) is 4.54. The zero-order valence-corrected chi connectivity index (χ0v) is 11.6. The van der Waals surface area contributed by atoms with E-state index in [0.717, 1.165) is 22.3 Å². The maximum Gasteiger partial charge on any atom is 0.416 e. The molecule has 3 rings (SSSR count). The van der Waals surface area contributed by atoms with Crippen LogP contribution in [0.1, 0.15) is 11.1 Å². The number of para-hydroxylation sites is 1. The Morgan fingerprint density at radius 1 is 1.05 bits per heavy atom. The van der Waals surface area contributed by atoms with Crippen molar-refractivity contribution in [1.29, 1.82) is 0 Å². The first-order valence-corrected chi connectivity index (χ1v) is 7.09. The number of halogens is 3. The Hall–Kier alpha value is -2.08. The summed E-state index contributed by atoms with van der Waals surface area (Å²) in [5, 5.41) is 3.77. The lowest BCUT2D eigenvalue weighted by Gasteiger charge is -2.09. The quantitative estimate of drug-likeness (QED) is 0.742. The molecule has 1 heterocycles. The summed E-state index contributed by atoms with van der Waals surface area (Å²) in [6, 6.07) is 13.0. The van der Waals surface area contributed by atoms with Crippen molar-refractivity contribution in [1.82, 2.24) is 4.98 Å². The Morgan fingerprint density at radius 2 is 1.86 bits per heavy atom. The van der Waals surface area contributed by atoms with Gasteiger partial charge in [-0.3, -0.25) is 0 Å². The van der Waals surface area contributed by atoms with E-state index in [1.165, 1.54) is 17.4 Å². The molecule has 2 nitrogen and oxygen atoms in total. The third-order valence-corrected chi connectivity index (χ3v) is 3.99. The zero-order chi connectivity index (χ0) is 14.9. The van der Waals surface area contributed by atoms with Crippen LogP contribution in [0.15, 0.2) is 48.5 Å². The minimum Gasteiger partial charge on any atom is -0.357 e. The topological polar surface area (TPSA) is 24.9 Å². The van der Waals surface area contributed by atoms with Crippen molar-refractivity contribution in [2.75, 3.05) is 5.32 Å². The number of hydrogen-bond acceptors (Lipinski definition) is 3. The first kappa shape index (κ1) is 13.9. The molecule has 3 aromatic rings. The van der Waals surface area contributed by atoms with Crippen LogP contribution in [0.5, 0.6) is 0 Å². The number of aromatic nitrogens is 1. The molecular weight excluding hydrogens is 297 g/mol. The van der Waals surface area contributed by atoms with Gasteiger partial charge in [-0.25, -0.2) is 4.98 Å². The molecule has 0 aliphatic rings. The maximum absolute atomic E-state index is 12.6. The molecule has 2 aromatic carbocycles. The summed E-state index contributed by atoms with van der Waals surface area (Å²) in [4.78, 5) is 4.38. The molecular formula is C15H11F3N2S. The summed E-state index contributed by atoms with van der Waals surface area (Å²) in [5.74, 6) is 0. The fourth-order valence-electron chi connectivity index (χ4n) is 1.98. The van der Waals surface area contributed by atoms with Crippen LogP contribution in [0, 0.1) is 0 Å². The summed E-state index contributed by atoms with van der Waals surface area (Å²) in [6.45, 7) is 0.309. The maximum atomic E-state index is 12.6. The van der Waals surface area contributed by atoms with Gasteiger partial charge in [-0.1, -0.05) is 35.6 Å². The van der Waals surface area contributed by atoms with Crippen molar-refractivity contribution >= 4 is 26.7 Å². The smallest absolute Gasteiger partial charge is 0.357 e. The minimum absolute atomic E-state index is 0.309. The normalized spacial score (nSPS) is 11.8. The fraction of sp³-hybridized carbons (Fsp3) is 0.133. The summed E-state index contributed by atoms with van der Waals surface area (Å²) < 4.78 is 39.0. The van der Waals surface area contributed by atoms with Crippen molar-refractivity contribution in [2.45, 2.75) is 12.7 Å². The van der Waals surface area contributed by atoms with Crippen LogP contribution in [0.3, 0.4) is 0 Å². The van der Waals surface area contributed by atoms with Crippen molar-refractivity contribution in [3.8, 4) is 0 Å². The number of nitrogens with zero attached hydrogens (tertiary/aromatic N) is 1. The van der Waals surface area contributed by atoms with Gasteiger partial charge in [-0.05, 0) is 29.8 Å². The van der Waals surface area contributed by atoms with E-state index < -0.39 is 11.7 Å². The van der Waals surface area contributed by atoms with Crippen molar-refractivity contribution in [3.05, 3.63) is 59.7 Å². The van der Waals surface area contributed by atoms with E-state index in [-0.39, 0.29) is 0 Å². The van der Waals surface area contributed by atoms with Crippen LogP contribution in [0.25, 0.3) is 10.2 Å². The largest absolute Gasteiger partial charge is 0.416 e. The van der Waals surface area contributed by atoms with Crippen LogP contribution in [-0.4, -0.2) is 4.98 Å². The average molecular weight is 308 g/mol. The minimum atomic E-state index is -4.31. The zero-order valence-electron chi connectivity index (χ0n) is 10.8. The van der Waals surface area contributed by atoms with Crippen LogP contribution in [-0.2, 0) is 12.7 Å². The third kappa shape index (κ3) is 3.16. The first-order valence-electron chi connectivity index (χ1n) is 6.28. The Bertz CT molecular complexity index is 732. The van der Waals surface area contributed by atoms with E-state index in [1.54, 1.807) is 6.07 Å². The Balaban J connectivity index is 1.75. The first-order chi connectivity index (χ1) is 10.0. The van der Waals surface area contributed by atoms with Crippen LogP contribution >= 0.6 is 11.3 Å². The van der Waals surface area contributed by atoms with E-state index in [9.17, 15) is 13.2 Å². The van der Waals surface area contributed by atoms with Crippen molar-refractivity contribution in [3.63, 3.8) is 0 Å². The van der Waals surface area contributed by atoms with Gasteiger partial charge in [-0.15, -0.1) is 0 Å². The lowest BCUT2D eigenvalue weighted by atomic mass is 10.1. The van der Waals surface area contributed by atoms with Gasteiger partial charge in [-0.2, -0.15) is 13.2 Å². The highest BCUT2D eigenvalue weighted by Crippen LogP contribution is 2.30. The van der Waals surface area contributed by atoms with Crippen LogP contribution < -0.4 is 5.32 Å². The van der Waals surface area contributed by atoms with Crippen LogP contribution in [0.4, 0.5) is 18.3 Å². The lowest BCUT2D eigenvalue weighted by Crippen LogP contribution is -2.06. The predicted octanol–water partition coefficient (Wildman–Crippen LogP) is 4.93. The van der Waals surface area contributed by atoms with Crippen molar-refractivity contribution in [2.24, 2.45) is 0 Å². The molecule has 21 heavy (non-hydrogen) atoms. The Labute approximate surface area is 123 Å². The van der Waals surface area contributed by atoms with E-state index in [4.69, 9.17) is 0 Å². The number of benzene rings is 2. The molecule has 0 spiro atoms. The van der Waals surface area contributed by atoms with Gasteiger partial charge in [0.1, 0.15) is 0 Å². The van der Waals surface area contributed by atoms with Gasteiger partial charge < -0.3 is 5.32 Å². The van der Waals surface area contributed by atoms with Gasteiger partial charge in [0.05, 0.1) is 15.8 Å². The monoisotopic (exact) mass is 308 g/mol. The molecule has 0 aliphatic carbocycles. The second-order valence-corrected chi connectivity index (χ2v) is 5.57. The van der Waals surface area contributed by atoms with E-state index >= 15 is 0 Å². The predicted molar refractivity (Wildman–Crippen MR) is 78.4 cm³/mol. The molecule has 0 amide bonds. The number of thiazole rings is 1. The van der Waals surface area contributed by atoms with Crippen LogP contribution in [0.2, 0.25) is 0 Å². The highest BCUT2D eigenvalue weighted by Gasteiger charge is 2.30. The number of fused-ring (bicyclic) bond motifs is 1. The Morgan fingerprint density at radius 3 is 2.62 bits per heavy atom. The number of nitrogens with one attached hydrogen (secondary N) is 1. The number of anilines is 1. The van der Waals surface area contributed by atoms with E-state index in [0.29, 0.717) is 17.2 Å². The highest BCUT2D eigenvalue weighted by atomic mass is 32.1. The molecule has 0 unspecified atom stereocenters. The third-order valence-electron chi connectivity index (χ3n) is 2.99. The van der Waals surface area contributed by atoms with Gasteiger partial charge in [0, 0.05) is 6.54 Å². The number of hydrogen-bond donors (Lipinski definition) is 1. The number of rotatable bonds is 3. The average Bonchev–Trinajstić information content (AvgIpc) is 2.87. The molecule has 0 fully saturated rings. The summed E-state index contributed by atoms with van der Waals surface area (Å²) in [6.07, 6.45) is -4.31. The molecule has 0 radical (unpaired) electrons. The number of alkyl halides is 3. The molecule has 1 aromatic heterocycles. The van der Waals surface area contributed by atoms with Crippen molar-refractivity contribution < 1.29 is 13.2 Å². The summed E-state index contributed by atoms with van der Waals surface area (Å²) in [5.41, 5.74) is 0.823. The Kier molecular flexibility index (Phi) is 3.55. The molecule has 0 saturated heterocycles. The van der Waals surface area contributed by atoms with Gasteiger partial charge in [0.2, 0.25) is 0 Å². The van der Waals surface area contributed by atoms with Gasteiger partial charge in [0.25, 0.3) is 0 Å². The standard InChI is InChI=1S/C15H11F3N2S/c16-15(17,18)11-5-3-4-10(8-11)9-19-14-20-12-6-1-2-7-13(12)21-14/h1-8H,9H2,(H,19,20). The lowest BCUT2D eigenvalue weighted by molar-refractivity contribution is -0.137. The molecule has 0 atom stereocenters. The van der Waals surface area contributed by atoms with Gasteiger partial charge >= 0.3 is 6.18 Å². The molecule has 0 bridgehead atoms. The van der Waals surface area contributed by atoms with E-state index in [2.05, 4.69) is 10.3 Å². The summed E-state index contributed by atoms with van der Waals surface area (Å²) >= 11 is 1.48. The summed E-state index contributed by atoms with van der Waals surface area (Å²) in [7, 11) is 0. The molecule has 6 heteroatoms. The highest BCUT2D eigenvalue weighted by molar-refractivity contribution is 7.22. The van der Waals surface area contributed by atoms with E-state index in [1.807, 2.05) is 24.3 Å². The molecule has 0 aliphatic heterocycles.